The van der Waals surface area contributed by atoms with Gasteiger partial charge in [-0.1, -0.05) is 18.2 Å². The van der Waals surface area contributed by atoms with Gasteiger partial charge in [0, 0.05) is 16.6 Å². The van der Waals surface area contributed by atoms with E-state index in [0.717, 1.165) is 37.2 Å². The summed E-state index contributed by atoms with van der Waals surface area (Å²) in [4.78, 5) is 14.9. The molecule has 1 amide bonds. The molecule has 1 N–H and O–H groups in total. The molecule has 0 saturated carbocycles. The summed E-state index contributed by atoms with van der Waals surface area (Å²) in [5.41, 5.74) is 1.49. The molecule has 0 spiro atoms. The molecule has 1 heterocycles. The summed E-state index contributed by atoms with van der Waals surface area (Å²) in [5.74, 6) is 0.218. The molecule has 0 unspecified atom stereocenters. The predicted molar refractivity (Wildman–Crippen MR) is 103 cm³/mol. The van der Waals surface area contributed by atoms with Crippen LogP contribution in [0.15, 0.2) is 46.9 Å². The fourth-order valence-corrected chi connectivity index (χ4v) is 3.92. The minimum atomic E-state index is -0.377. The molecule has 0 aromatic heterocycles. The van der Waals surface area contributed by atoms with Crippen LogP contribution in [-0.2, 0) is 0 Å². The van der Waals surface area contributed by atoms with E-state index in [1.165, 1.54) is 18.2 Å². The summed E-state index contributed by atoms with van der Waals surface area (Å²) >= 11 is 3.26. The highest BCUT2D eigenvalue weighted by Gasteiger charge is 2.26. The Hall–Kier alpha value is -1.92. The van der Waals surface area contributed by atoms with Gasteiger partial charge in [0.15, 0.2) is 0 Å². The van der Waals surface area contributed by atoms with E-state index in [2.05, 4.69) is 26.1 Å². The molecule has 4 nitrogen and oxygen atoms in total. The van der Waals surface area contributed by atoms with Crippen molar-refractivity contribution in [2.24, 2.45) is 0 Å². The summed E-state index contributed by atoms with van der Waals surface area (Å²) in [5, 5.41) is 3.00. The number of carbonyl (C=O) groups is 1. The van der Waals surface area contributed by atoms with E-state index >= 15 is 0 Å². The number of hydrogen-bond acceptors (Lipinski definition) is 3. The van der Waals surface area contributed by atoms with Crippen LogP contribution in [0.4, 0.5) is 4.39 Å². The van der Waals surface area contributed by atoms with Gasteiger partial charge in [-0.15, -0.1) is 0 Å². The average Bonchev–Trinajstić information content (AvgIpc) is 3.16. The van der Waals surface area contributed by atoms with Crippen LogP contribution in [0.3, 0.4) is 0 Å². The van der Waals surface area contributed by atoms with Crippen LogP contribution in [0.1, 0.15) is 34.8 Å². The molecule has 2 aromatic carbocycles. The van der Waals surface area contributed by atoms with Crippen molar-refractivity contribution in [2.75, 3.05) is 26.7 Å². The van der Waals surface area contributed by atoms with E-state index < -0.39 is 0 Å². The van der Waals surface area contributed by atoms with Gasteiger partial charge >= 0.3 is 0 Å². The third-order valence-corrected chi connectivity index (χ3v) is 5.37. The molecule has 1 saturated heterocycles. The largest absolute Gasteiger partial charge is 0.496 e. The second kappa shape index (κ2) is 8.64. The van der Waals surface area contributed by atoms with Crippen molar-refractivity contribution in [3.8, 4) is 5.75 Å². The van der Waals surface area contributed by atoms with Gasteiger partial charge in [0.25, 0.3) is 5.91 Å². The highest BCUT2D eigenvalue weighted by molar-refractivity contribution is 9.10. The molecule has 0 radical (unpaired) electrons. The summed E-state index contributed by atoms with van der Waals surface area (Å²) in [6.07, 6.45) is 2.31. The summed E-state index contributed by atoms with van der Waals surface area (Å²) < 4.78 is 19.2. The Balaban J connectivity index is 1.79. The van der Waals surface area contributed by atoms with Crippen molar-refractivity contribution in [1.29, 1.82) is 0 Å². The maximum atomic E-state index is 13.3. The average molecular weight is 421 g/mol. The normalized spacial score (nSPS) is 15.7. The lowest BCUT2D eigenvalue weighted by molar-refractivity contribution is 0.0936. The zero-order chi connectivity index (χ0) is 18.5. The van der Waals surface area contributed by atoms with Crippen LogP contribution in [0.5, 0.6) is 5.75 Å². The van der Waals surface area contributed by atoms with Crippen molar-refractivity contribution in [1.82, 2.24) is 10.2 Å². The molecule has 138 valence electrons. The Morgan fingerprint density at radius 1 is 1.27 bits per heavy atom. The Bertz CT molecular complexity index is 778. The lowest BCUT2D eigenvalue weighted by Crippen LogP contribution is -2.37. The molecular formula is C20H22BrFN2O2. The number of nitrogens with zero attached hydrogens (tertiary/aromatic N) is 1. The van der Waals surface area contributed by atoms with Gasteiger partial charge in [0.05, 0.1) is 18.7 Å². The number of likely N-dealkylation sites (tertiary alicyclic amines) is 1. The van der Waals surface area contributed by atoms with Gasteiger partial charge in [-0.2, -0.15) is 0 Å². The van der Waals surface area contributed by atoms with Crippen molar-refractivity contribution < 1.29 is 13.9 Å². The number of amides is 1. The number of rotatable bonds is 6. The van der Waals surface area contributed by atoms with E-state index in [1.807, 2.05) is 24.3 Å². The van der Waals surface area contributed by atoms with E-state index in [-0.39, 0.29) is 17.8 Å². The lowest BCUT2D eigenvalue weighted by Gasteiger charge is -2.29. The van der Waals surface area contributed by atoms with Gasteiger partial charge in [0.1, 0.15) is 11.6 Å². The van der Waals surface area contributed by atoms with Crippen molar-refractivity contribution >= 4 is 21.8 Å². The zero-order valence-corrected chi connectivity index (χ0v) is 16.3. The molecule has 1 aliphatic heterocycles. The first-order valence-electron chi connectivity index (χ1n) is 8.70. The number of carbonyl (C=O) groups excluding carboxylic acids is 1. The van der Waals surface area contributed by atoms with Gasteiger partial charge < -0.3 is 10.1 Å². The van der Waals surface area contributed by atoms with Crippen molar-refractivity contribution in [2.45, 2.75) is 18.9 Å². The Morgan fingerprint density at radius 3 is 2.69 bits per heavy atom. The second-order valence-corrected chi connectivity index (χ2v) is 7.19. The molecule has 3 rings (SSSR count). The molecule has 6 heteroatoms. The van der Waals surface area contributed by atoms with E-state index in [1.54, 1.807) is 7.11 Å². The summed E-state index contributed by atoms with van der Waals surface area (Å²) in [7, 11) is 1.66. The maximum Gasteiger partial charge on any atom is 0.252 e. The molecule has 1 fully saturated rings. The first-order chi connectivity index (χ1) is 12.6. The number of nitrogens with one attached hydrogen (secondary N) is 1. The molecule has 0 bridgehead atoms. The van der Waals surface area contributed by atoms with Crippen LogP contribution in [0.25, 0.3) is 0 Å². The van der Waals surface area contributed by atoms with Crippen LogP contribution in [0.2, 0.25) is 0 Å². The molecule has 26 heavy (non-hydrogen) atoms. The smallest absolute Gasteiger partial charge is 0.252 e. The molecule has 0 aliphatic carbocycles. The number of ether oxygens (including phenoxy) is 1. The molecular weight excluding hydrogens is 399 g/mol. The third kappa shape index (κ3) is 4.24. The SMILES string of the molecule is COc1ccccc1[C@@H](CNC(=O)c1ccc(F)cc1Br)N1CCCC1. The van der Waals surface area contributed by atoms with E-state index in [0.29, 0.717) is 16.6 Å². The van der Waals surface area contributed by atoms with E-state index in [9.17, 15) is 9.18 Å². The fraction of sp³-hybridized carbons (Fsp3) is 0.350. The van der Waals surface area contributed by atoms with Gasteiger partial charge in [-0.3, -0.25) is 9.69 Å². The van der Waals surface area contributed by atoms with Crippen LogP contribution < -0.4 is 10.1 Å². The zero-order valence-electron chi connectivity index (χ0n) is 14.7. The number of hydrogen-bond donors (Lipinski definition) is 1. The topological polar surface area (TPSA) is 41.6 Å². The highest BCUT2D eigenvalue weighted by atomic mass is 79.9. The highest BCUT2D eigenvalue weighted by Crippen LogP contribution is 2.31. The Morgan fingerprint density at radius 2 is 2.00 bits per heavy atom. The predicted octanol–water partition coefficient (Wildman–Crippen LogP) is 4.16. The quantitative estimate of drug-likeness (QED) is 0.762. The number of methoxy groups -OCH3 is 1. The van der Waals surface area contributed by atoms with Crippen LogP contribution >= 0.6 is 15.9 Å². The van der Waals surface area contributed by atoms with Gasteiger partial charge in [0.2, 0.25) is 0 Å². The number of para-hydroxylation sites is 1. The number of benzene rings is 2. The first kappa shape index (κ1) is 18.9. The summed E-state index contributed by atoms with van der Waals surface area (Å²) in [6, 6.07) is 12.0. The van der Waals surface area contributed by atoms with E-state index in [4.69, 9.17) is 4.74 Å². The van der Waals surface area contributed by atoms with Crippen molar-refractivity contribution in [3.05, 3.63) is 63.9 Å². The first-order valence-corrected chi connectivity index (χ1v) is 9.49. The fourth-order valence-electron chi connectivity index (χ4n) is 3.39. The third-order valence-electron chi connectivity index (χ3n) is 4.71. The lowest BCUT2D eigenvalue weighted by atomic mass is 10.0. The van der Waals surface area contributed by atoms with Crippen LogP contribution in [0, 0.1) is 5.82 Å². The Kier molecular flexibility index (Phi) is 6.27. The maximum absolute atomic E-state index is 13.3. The summed E-state index contributed by atoms with van der Waals surface area (Å²) in [6.45, 7) is 2.46. The van der Waals surface area contributed by atoms with Crippen molar-refractivity contribution in [3.63, 3.8) is 0 Å². The van der Waals surface area contributed by atoms with Gasteiger partial charge in [-0.05, 0) is 66.1 Å². The standard InChI is InChI=1S/C20H22BrFN2O2/c1-26-19-7-3-2-6-16(19)18(24-10-4-5-11-24)13-23-20(25)15-9-8-14(22)12-17(15)21/h2-3,6-9,12,18H,4-5,10-11,13H2,1H3,(H,23,25)/t18-/m1/s1. The second-order valence-electron chi connectivity index (χ2n) is 6.34. The minimum absolute atomic E-state index is 0.0387. The molecule has 2 aromatic rings. The molecule has 1 atom stereocenters. The van der Waals surface area contributed by atoms with Crippen LogP contribution in [-0.4, -0.2) is 37.6 Å². The molecule has 1 aliphatic rings. The monoisotopic (exact) mass is 420 g/mol. The number of halogens is 2. The minimum Gasteiger partial charge on any atom is -0.496 e. The Labute approximate surface area is 161 Å². The van der Waals surface area contributed by atoms with Gasteiger partial charge in [-0.25, -0.2) is 4.39 Å².